The molecule has 7 heteroatoms. The first-order valence-corrected chi connectivity index (χ1v) is 9.84. The van der Waals surface area contributed by atoms with E-state index in [1.54, 1.807) is 30.3 Å². The normalized spacial score (nSPS) is 22.4. The number of imide groups is 1. The average molecular weight is 389 g/mol. The van der Waals surface area contributed by atoms with Crippen molar-refractivity contribution in [3.05, 3.63) is 45.6 Å². The second-order valence-corrected chi connectivity index (χ2v) is 7.96. The standard InChI is InChI=1S/C19H17ClN2O3S/c20-14-10-11(7-8-15(14)21-17(23)16-6-3-9-26-16)22-18(24)12-4-1-2-5-13(12)19(22)25/h3,6-10,12-13H,1-2,4-5H2,(H,21,23)/t12-,13-/m1/s1. The van der Waals surface area contributed by atoms with Gasteiger partial charge in [0, 0.05) is 0 Å². The number of nitrogens with one attached hydrogen (secondary N) is 1. The quantitative estimate of drug-likeness (QED) is 0.795. The topological polar surface area (TPSA) is 66.5 Å². The highest BCUT2D eigenvalue weighted by Gasteiger charge is 2.48. The van der Waals surface area contributed by atoms with Crippen molar-refractivity contribution in [1.29, 1.82) is 0 Å². The van der Waals surface area contributed by atoms with Gasteiger partial charge in [0.15, 0.2) is 0 Å². The first-order valence-electron chi connectivity index (χ1n) is 8.58. The molecule has 26 heavy (non-hydrogen) atoms. The number of hydrogen-bond donors (Lipinski definition) is 1. The number of fused-ring (bicyclic) bond motifs is 1. The fourth-order valence-electron chi connectivity index (χ4n) is 3.75. The summed E-state index contributed by atoms with van der Waals surface area (Å²) in [6.45, 7) is 0. The summed E-state index contributed by atoms with van der Waals surface area (Å²) in [5.74, 6) is -0.910. The van der Waals surface area contributed by atoms with E-state index in [0.717, 1.165) is 25.7 Å². The third-order valence-corrected chi connectivity index (χ3v) is 6.23. The molecule has 2 atom stereocenters. The first-order chi connectivity index (χ1) is 12.6. The van der Waals surface area contributed by atoms with E-state index in [9.17, 15) is 14.4 Å². The third-order valence-electron chi connectivity index (χ3n) is 5.05. The Morgan fingerprint density at radius 1 is 1.12 bits per heavy atom. The lowest BCUT2D eigenvalue weighted by atomic mass is 9.81. The van der Waals surface area contributed by atoms with Crippen LogP contribution in [0.2, 0.25) is 5.02 Å². The fourth-order valence-corrected chi connectivity index (χ4v) is 4.59. The molecule has 2 heterocycles. The summed E-state index contributed by atoms with van der Waals surface area (Å²) in [5, 5.41) is 4.87. The predicted octanol–water partition coefficient (Wildman–Crippen LogP) is 4.33. The van der Waals surface area contributed by atoms with E-state index < -0.39 is 0 Å². The summed E-state index contributed by atoms with van der Waals surface area (Å²) >= 11 is 7.64. The maximum Gasteiger partial charge on any atom is 0.265 e. The van der Waals surface area contributed by atoms with Crippen LogP contribution in [0.15, 0.2) is 35.7 Å². The molecule has 1 N–H and O–H groups in total. The first kappa shape index (κ1) is 17.2. The summed E-state index contributed by atoms with van der Waals surface area (Å²) in [6, 6.07) is 8.38. The number of amides is 3. The SMILES string of the molecule is O=C(Nc1ccc(N2C(=O)[C@@H]3CCCC[C@H]3C2=O)cc1Cl)c1cccs1. The zero-order valence-electron chi connectivity index (χ0n) is 13.9. The Kier molecular flexibility index (Phi) is 4.54. The number of benzene rings is 1. The van der Waals surface area contributed by atoms with E-state index in [2.05, 4.69) is 5.32 Å². The Morgan fingerprint density at radius 3 is 2.38 bits per heavy atom. The van der Waals surface area contributed by atoms with Crippen molar-refractivity contribution in [2.24, 2.45) is 11.8 Å². The zero-order valence-corrected chi connectivity index (χ0v) is 15.5. The summed E-state index contributed by atoms with van der Waals surface area (Å²) in [6.07, 6.45) is 3.52. The molecule has 134 valence electrons. The van der Waals surface area contributed by atoms with Crippen LogP contribution in [0.1, 0.15) is 35.4 Å². The molecule has 1 saturated heterocycles. The predicted molar refractivity (Wildman–Crippen MR) is 102 cm³/mol. The minimum absolute atomic E-state index is 0.133. The Balaban J connectivity index is 1.57. The Morgan fingerprint density at radius 2 is 1.81 bits per heavy atom. The van der Waals surface area contributed by atoms with E-state index >= 15 is 0 Å². The van der Waals surface area contributed by atoms with Gasteiger partial charge >= 0.3 is 0 Å². The van der Waals surface area contributed by atoms with Crippen LogP contribution >= 0.6 is 22.9 Å². The highest BCUT2D eigenvalue weighted by atomic mass is 35.5. The number of anilines is 2. The maximum absolute atomic E-state index is 12.7. The molecular weight excluding hydrogens is 372 g/mol. The van der Waals surface area contributed by atoms with E-state index in [-0.39, 0.29) is 29.6 Å². The molecule has 1 aliphatic heterocycles. The minimum Gasteiger partial charge on any atom is -0.320 e. The van der Waals surface area contributed by atoms with Gasteiger partial charge < -0.3 is 5.32 Å². The Hall–Kier alpha value is -2.18. The molecule has 0 unspecified atom stereocenters. The second-order valence-electron chi connectivity index (χ2n) is 6.60. The average Bonchev–Trinajstić information content (AvgIpc) is 3.26. The van der Waals surface area contributed by atoms with Gasteiger partial charge in [0.05, 0.1) is 33.1 Å². The van der Waals surface area contributed by atoms with Crippen LogP contribution in [-0.2, 0) is 9.59 Å². The summed E-state index contributed by atoms with van der Waals surface area (Å²) in [5.41, 5.74) is 0.916. The van der Waals surface area contributed by atoms with Gasteiger partial charge in [0.2, 0.25) is 11.8 Å². The number of halogens is 1. The van der Waals surface area contributed by atoms with Crippen molar-refractivity contribution in [1.82, 2.24) is 0 Å². The van der Waals surface area contributed by atoms with Crippen LogP contribution < -0.4 is 10.2 Å². The van der Waals surface area contributed by atoms with Gasteiger partial charge in [-0.2, -0.15) is 0 Å². The number of rotatable bonds is 3. The molecule has 4 rings (SSSR count). The minimum atomic E-state index is -0.242. The summed E-state index contributed by atoms with van der Waals surface area (Å²) < 4.78 is 0. The van der Waals surface area contributed by atoms with Gasteiger partial charge in [-0.05, 0) is 42.5 Å². The highest BCUT2D eigenvalue weighted by Crippen LogP contribution is 2.41. The number of carbonyl (C=O) groups is 3. The van der Waals surface area contributed by atoms with Crippen LogP contribution in [0.4, 0.5) is 11.4 Å². The van der Waals surface area contributed by atoms with Crippen LogP contribution in [0.5, 0.6) is 0 Å². The van der Waals surface area contributed by atoms with Crippen molar-refractivity contribution in [2.45, 2.75) is 25.7 Å². The van der Waals surface area contributed by atoms with E-state index in [1.165, 1.54) is 16.2 Å². The van der Waals surface area contributed by atoms with Crippen LogP contribution in [-0.4, -0.2) is 17.7 Å². The maximum atomic E-state index is 12.7. The number of thiophene rings is 1. The van der Waals surface area contributed by atoms with Crippen molar-refractivity contribution >= 4 is 52.0 Å². The summed E-state index contributed by atoms with van der Waals surface area (Å²) in [4.78, 5) is 39.4. The van der Waals surface area contributed by atoms with Crippen molar-refractivity contribution < 1.29 is 14.4 Å². The number of carbonyl (C=O) groups excluding carboxylic acids is 3. The van der Waals surface area contributed by atoms with Crippen LogP contribution in [0, 0.1) is 11.8 Å². The van der Waals surface area contributed by atoms with Gasteiger partial charge in [-0.15, -0.1) is 11.3 Å². The molecule has 3 amide bonds. The Labute approximate surface area is 159 Å². The van der Waals surface area contributed by atoms with Gasteiger partial charge in [0.1, 0.15) is 0 Å². The third kappa shape index (κ3) is 2.93. The van der Waals surface area contributed by atoms with Crippen molar-refractivity contribution in [3.8, 4) is 0 Å². The molecule has 1 aliphatic carbocycles. The lowest BCUT2D eigenvalue weighted by Crippen LogP contribution is -2.30. The van der Waals surface area contributed by atoms with Gasteiger partial charge in [0.25, 0.3) is 5.91 Å². The lowest BCUT2D eigenvalue weighted by molar-refractivity contribution is -0.122. The summed E-state index contributed by atoms with van der Waals surface area (Å²) in [7, 11) is 0. The van der Waals surface area contributed by atoms with Crippen LogP contribution in [0.3, 0.4) is 0 Å². The molecule has 2 fully saturated rings. The van der Waals surface area contributed by atoms with E-state index in [1.807, 2.05) is 5.38 Å². The molecule has 0 radical (unpaired) electrons. The van der Waals surface area contributed by atoms with Crippen LogP contribution in [0.25, 0.3) is 0 Å². The molecule has 1 aromatic carbocycles. The fraction of sp³-hybridized carbons (Fsp3) is 0.316. The largest absolute Gasteiger partial charge is 0.320 e. The zero-order chi connectivity index (χ0) is 18.3. The molecule has 2 aromatic rings. The second kappa shape index (κ2) is 6.85. The van der Waals surface area contributed by atoms with Crippen molar-refractivity contribution in [2.75, 3.05) is 10.2 Å². The number of nitrogens with zero attached hydrogens (tertiary/aromatic N) is 1. The molecule has 5 nitrogen and oxygen atoms in total. The van der Waals surface area contributed by atoms with Gasteiger partial charge in [-0.3, -0.25) is 19.3 Å². The molecule has 1 aromatic heterocycles. The number of hydrogen-bond acceptors (Lipinski definition) is 4. The van der Waals surface area contributed by atoms with Gasteiger partial charge in [-0.1, -0.05) is 30.5 Å². The van der Waals surface area contributed by atoms with Gasteiger partial charge in [-0.25, -0.2) is 0 Å². The smallest absolute Gasteiger partial charge is 0.265 e. The monoisotopic (exact) mass is 388 g/mol. The molecule has 1 saturated carbocycles. The molecular formula is C19H17ClN2O3S. The lowest BCUT2D eigenvalue weighted by Gasteiger charge is -2.19. The van der Waals surface area contributed by atoms with E-state index in [4.69, 9.17) is 11.6 Å². The van der Waals surface area contributed by atoms with E-state index in [0.29, 0.717) is 21.3 Å². The molecule has 0 bridgehead atoms. The molecule has 0 spiro atoms. The Bertz CT molecular complexity index is 857. The van der Waals surface area contributed by atoms with Crippen molar-refractivity contribution in [3.63, 3.8) is 0 Å². The molecule has 2 aliphatic rings. The highest BCUT2D eigenvalue weighted by molar-refractivity contribution is 7.12.